The van der Waals surface area contributed by atoms with Crippen LogP contribution in [-0.2, 0) is 6.54 Å². The lowest BCUT2D eigenvalue weighted by Crippen LogP contribution is -2.31. The molecule has 0 aliphatic heterocycles. The van der Waals surface area contributed by atoms with E-state index >= 15 is 0 Å². The minimum atomic E-state index is -0.181. The number of rotatable bonds is 6. The summed E-state index contributed by atoms with van der Waals surface area (Å²) in [7, 11) is 0. The number of amides is 1. The van der Waals surface area contributed by atoms with Crippen molar-refractivity contribution < 1.29 is 4.79 Å². The minimum Gasteiger partial charge on any atom is -0.329 e. The van der Waals surface area contributed by atoms with Gasteiger partial charge in [-0.05, 0) is 35.9 Å². The second kappa shape index (κ2) is 8.35. The van der Waals surface area contributed by atoms with E-state index in [1.165, 1.54) is 0 Å². The van der Waals surface area contributed by atoms with Gasteiger partial charge in [0.05, 0.1) is 17.3 Å². The maximum atomic E-state index is 12.9. The number of halogens is 1. The van der Waals surface area contributed by atoms with Crippen molar-refractivity contribution in [3.63, 3.8) is 0 Å². The summed E-state index contributed by atoms with van der Waals surface area (Å²) in [6.45, 7) is 4.53. The Morgan fingerprint density at radius 1 is 1.26 bits per heavy atom. The predicted molar refractivity (Wildman–Crippen MR) is 105 cm³/mol. The number of nitrogens with one attached hydrogen (secondary N) is 1. The van der Waals surface area contributed by atoms with Crippen LogP contribution in [0.2, 0.25) is 5.02 Å². The number of carbonyl (C=O) groups is 1. The van der Waals surface area contributed by atoms with Crippen molar-refractivity contribution in [3.05, 3.63) is 89.1 Å². The van der Waals surface area contributed by atoms with Crippen molar-refractivity contribution in [2.24, 2.45) is 0 Å². The third kappa shape index (κ3) is 4.43. The van der Waals surface area contributed by atoms with Gasteiger partial charge in [-0.3, -0.25) is 9.89 Å². The standard InChI is InChI=1S/C21H17ClN4O/c1-2-10-26(14-16-8-6-15(13-23)7-9-16)21(27)20-12-19(24-25-20)17-4-3-5-18(22)11-17/h2-9,11-12H,1,10,14H2,(H,24,25). The molecule has 134 valence electrons. The molecule has 0 spiro atoms. The normalized spacial score (nSPS) is 10.2. The zero-order valence-electron chi connectivity index (χ0n) is 14.5. The van der Waals surface area contributed by atoms with Crippen LogP contribution in [0.1, 0.15) is 21.6 Å². The van der Waals surface area contributed by atoms with E-state index in [0.29, 0.717) is 35.1 Å². The van der Waals surface area contributed by atoms with Gasteiger partial charge in [0.25, 0.3) is 5.91 Å². The topological polar surface area (TPSA) is 72.8 Å². The van der Waals surface area contributed by atoms with Gasteiger partial charge in [-0.2, -0.15) is 10.4 Å². The number of benzene rings is 2. The fraction of sp³-hybridized carbons (Fsp3) is 0.0952. The first-order valence-corrected chi connectivity index (χ1v) is 8.69. The van der Waals surface area contributed by atoms with Gasteiger partial charge >= 0.3 is 0 Å². The lowest BCUT2D eigenvalue weighted by atomic mass is 10.1. The summed E-state index contributed by atoms with van der Waals surface area (Å²) in [4.78, 5) is 14.6. The number of aromatic amines is 1. The van der Waals surface area contributed by atoms with Crippen molar-refractivity contribution in [3.8, 4) is 17.3 Å². The van der Waals surface area contributed by atoms with E-state index in [1.54, 1.807) is 41.3 Å². The summed E-state index contributed by atoms with van der Waals surface area (Å²) < 4.78 is 0. The fourth-order valence-electron chi connectivity index (χ4n) is 2.68. The van der Waals surface area contributed by atoms with Crippen LogP contribution in [0.15, 0.2) is 67.3 Å². The zero-order chi connectivity index (χ0) is 19.2. The highest BCUT2D eigenvalue weighted by atomic mass is 35.5. The molecule has 0 fully saturated rings. The van der Waals surface area contributed by atoms with E-state index in [9.17, 15) is 4.79 Å². The maximum Gasteiger partial charge on any atom is 0.272 e. The quantitative estimate of drug-likeness (QED) is 0.647. The molecule has 1 N–H and O–H groups in total. The van der Waals surface area contributed by atoms with E-state index in [4.69, 9.17) is 16.9 Å². The Morgan fingerprint density at radius 3 is 2.70 bits per heavy atom. The monoisotopic (exact) mass is 376 g/mol. The largest absolute Gasteiger partial charge is 0.329 e. The molecule has 27 heavy (non-hydrogen) atoms. The third-order valence-corrected chi connectivity index (χ3v) is 4.26. The first-order chi connectivity index (χ1) is 13.1. The molecule has 6 heteroatoms. The molecule has 3 aromatic rings. The number of nitrogens with zero attached hydrogens (tertiary/aromatic N) is 3. The highest BCUT2D eigenvalue weighted by Gasteiger charge is 2.18. The Bertz CT molecular complexity index is 1000. The average Bonchev–Trinajstić information content (AvgIpc) is 3.18. The SMILES string of the molecule is C=CCN(Cc1ccc(C#N)cc1)C(=O)c1cc(-c2cccc(Cl)c2)n[nH]1. The van der Waals surface area contributed by atoms with Crippen LogP contribution in [0.5, 0.6) is 0 Å². The number of hydrogen-bond donors (Lipinski definition) is 1. The number of aromatic nitrogens is 2. The summed E-state index contributed by atoms with van der Waals surface area (Å²) >= 11 is 6.02. The Kier molecular flexibility index (Phi) is 5.70. The van der Waals surface area contributed by atoms with Gasteiger partial charge in [0.2, 0.25) is 0 Å². The van der Waals surface area contributed by atoms with E-state index in [2.05, 4.69) is 22.8 Å². The lowest BCUT2D eigenvalue weighted by molar-refractivity contribution is 0.0757. The Morgan fingerprint density at radius 2 is 2.04 bits per heavy atom. The first kappa shape index (κ1) is 18.4. The second-order valence-electron chi connectivity index (χ2n) is 5.96. The molecule has 0 aliphatic rings. The molecule has 0 radical (unpaired) electrons. The molecule has 1 heterocycles. The summed E-state index contributed by atoms with van der Waals surface area (Å²) in [6.07, 6.45) is 1.68. The molecule has 0 saturated carbocycles. The first-order valence-electron chi connectivity index (χ1n) is 8.31. The summed E-state index contributed by atoms with van der Waals surface area (Å²) in [6, 6.07) is 18.2. The molecular formula is C21H17ClN4O. The highest BCUT2D eigenvalue weighted by molar-refractivity contribution is 6.30. The van der Waals surface area contributed by atoms with Crippen LogP contribution < -0.4 is 0 Å². The number of nitriles is 1. The van der Waals surface area contributed by atoms with Crippen LogP contribution in [0.3, 0.4) is 0 Å². The lowest BCUT2D eigenvalue weighted by Gasteiger charge is -2.20. The van der Waals surface area contributed by atoms with Crippen molar-refractivity contribution in [2.75, 3.05) is 6.54 Å². The molecule has 1 amide bonds. The Hall–Kier alpha value is -3.36. The van der Waals surface area contributed by atoms with Gasteiger partial charge < -0.3 is 4.90 Å². The van der Waals surface area contributed by atoms with Crippen LogP contribution in [0.25, 0.3) is 11.3 Å². The van der Waals surface area contributed by atoms with Crippen LogP contribution in [0.4, 0.5) is 0 Å². The summed E-state index contributed by atoms with van der Waals surface area (Å²) in [5.41, 5.74) is 3.39. The van der Waals surface area contributed by atoms with E-state index in [0.717, 1.165) is 11.1 Å². The molecule has 0 saturated heterocycles. The minimum absolute atomic E-state index is 0.181. The molecule has 1 aromatic heterocycles. The Labute approximate surface area is 162 Å². The predicted octanol–water partition coefficient (Wildman–Crippen LogP) is 4.43. The van der Waals surface area contributed by atoms with Gasteiger partial charge in [0.15, 0.2) is 0 Å². The van der Waals surface area contributed by atoms with Crippen molar-refractivity contribution in [1.29, 1.82) is 5.26 Å². The number of H-pyrrole nitrogens is 1. The van der Waals surface area contributed by atoms with Gasteiger partial charge in [-0.15, -0.1) is 6.58 Å². The Balaban J connectivity index is 1.80. The smallest absolute Gasteiger partial charge is 0.272 e. The number of hydrogen-bond acceptors (Lipinski definition) is 3. The van der Waals surface area contributed by atoms with Crippen LogP contribution in [-0.4, -0.2) is 27.5 Å². The van der Waals surface area contributed by atoms with Gasteiger partial charge in [0, 0.05) is 23.7 Å². The molecule has 5 nitrogen and oxygen atoms in total. The fourth-order valence-corrected chi connectivity index (χ4v) is 2.87. The summed E-state index contributed by atoms with van der Waals surface area (Å²) in [5, 5.41) is 16.5. The molecule has 0 aliphatic carbocycles. The van der Waals surface area contributed by atoms with Crippen molar-refractivity contribution >= 4 is 17.5 Å². The molecule has 0 bridgehead atoms. The zero-order valence-corrected chi connectivity index (χ0v) is 15.3. The van der Waals surface area contributed by atoms with E-state index in [-0.39, 0.29) is 5.91 Å². The van der Waals surface area contributed by atoms with Crippen LogP contribution in [0, 0.1) is 11.3 Å². The number of carbonyl (C=O) groups excluding carboxylic acids is 1. The van der Waals surface area contributed by atoms with E-state index < -0.39 is 0 Å². The van der Waals surface area contributed by atoms with E-state index in [1.807, 2.05) is 24.3 Å². The third-order valence-electron chi connectivity index (χ3n) is 4.02. The van der Waals surface area contributed by atoms with Gasteiger partial charge in [0.1, 0.15) is 5.69 Å². The van der Waals surface area contributed by atoms with Crippen LogP contribution >= 0.6 is 11.6 Å². The maximum absolute atomic E-state index is 12.9. The molecule has 3 rings (SSSR count). The molecule has 0 atom stereocenters. The van der Waals surface area contributed by atoms with Gasteiger partial charge in [-0.25, -0.2) is 0 Å². The van der Waals surface area contributed by atoms with Crippen molar-refractivity contribution in [2.45, 2.75) is 6.54 Å². The van der Waals surface area contributed by atoms with Gasteiger partial charge in [-0.1, -0.05) is 41.9 Å². The highest BCUT2D eigenvalue weighted by Crippen LogP contribution is 2.22. The summed E-state index contributed by atoms with van der Waals surface area (Å²) in [5.74, 6) is -0.181. The second-order valence-corrected chi connectivity index (χ2v) is 6.40. The molecule has 2 aromatic carbocycles. The van der Waals surface area contributed by atoms with Crippen molar-refractivity contribution in [1.82, 2.24) is 15.1 Å². The molecular weight excluding hydrogens is 360 g/mol. The molecule has 0 unspecified atom stereocenters. The average molecular weight is 377 g/mol.